The van der Waals surface area contributed by atoms with Crippen LogP contribution in [0.4, 0.5) is 5.82 Å². The van der Waals surface area contributed by atoms with Crippen molar-refractivity contribution in [3.05, 3.63) is 36.5 Å². The van der Waals surface area contributed by atoms with Crippen LogP contribution in [0, 0.1) is 5.41 Å². The predicted octanol–water partition coefficient (Wildman–Crippen LogP) is 4.62. The summed E-state index contributed by atoms with van der Waals surface area (Å²) in [6.45, 7) is 3.38. The molecule has 1 aromatic heterocycles. The lowest BCUT2D eigenvalue weighted by Gasteiger charge is -2.28. The molecule has 1 saturated carbocycles. The Hall–Kier alpha value is -1.57. The van der Waals surface area contributed by atoms with Gasteiger partial charge in [-0.3, -0.25) is 0 Å². The van der Waals surface area contributed by atoms with Gasteiger partial charge in [0.05, 0.1) is 0 Å². The molecule has 2 aromatic rings. The Morgan fingerprint density at radius 2 is 1.95 bits per heavy atom. The Morgan fingerprint density at radius 3 is 2.74 bits per heavy atom. The van der Waals surface area contributed by atoms with E-state index < -0.39 is 0 Å². The molecule has 0 aliphatic heterocycles. The number of benzene rings is 1. The van der Waals surface area contributed by atoms with Crippen molar-refractivity contribution in [2.45, 2.75) is 39.0 Å². The van der Waals surface area contributed by atoms with Crippen LogP contribution in [0.25, 0.3) is 10.8 Å². The SMILES string of the molecule is CCC1(CNc2nccc3ccccc23)CCCC1. The molecule has 0 saturated heterocycles. The lowest BCUT2D eigenvalue weighted by Crippen LogP contribution is -2.26. The number of pyridine rings is 1. The molecule has 1 N–H and O–H groups in total. The van der Waals surface area contributed by atoms with E-state index in [1.807, 2.05) is 6.20 Å². The molecule has 0 spiro atoms. The van der Waals surface area contributed by atoms with Gasteiger partial charge in [0.2, 0.25) is 0 Å². The van der Waals surface area contributed by atoms with Crippen molar-refractivity contribution < 1.29 is 0 Å². The molecule has 0 radical (unpaired) electrons. The van der Waals surface area contributed by atoms with Crippen LogP contribution >= 0.6 is 0 Å². The minimum absolute atomic E-state index is 0.499. The molecule has 1 aromatic carbocycles. The third-order valence-corrected chi connectivity index (χ3v) is 4.72. The van der Waals surface area contributed by atoms with Gasteiger partial charge in [0.25, 0.3) is 0 Å². The maximum Gasteiger partial charge on any atom is 0.133 e. The van der Waals surface area contributed by atoms with Crippen LogP contribution < -0.4 is 5.32 Å². The average Bonchev–Trinajstić information content (AvgIpc) is 2.94. The van der Waals surface area contributed by atoms with Gasteiger partial charge < -0.3 is 5.32 Å². The Balaban J connectivity index is 1.82. The van der Waals surface area contributed by atoms with Crippen molar-refractivity contribution >= 4 is 16.6 Å². The van der Waals surface area contributed by atoms with E-state index in [1.54, 1.807) is 0 Å². The van der Waals surface area contributed by atoms with Gasteiger partial charge in [-0.2, -0.15) is 0 Å². The fourth-order valence-corrected chi connectivity index (χ4v) is 3.31. The average molecular weight is 254 g/mol. The summed E-state index contributed by atoms with van der Waals surface area (Å²) in [5, 5.41) is 6.10. The maximum absolute atomic E-state index is 4.52. The molecule has 19 heavy (non-hydrogen) atoms. The smallest absolute Gasteiger partial charge is 0.133 e. The highest BCUT2D eigenvalue weighted by Crippen LogP contribution is 2.41. The molecule has 0 bridgehead atoms. The Morgan fingerprint density at radius 1 is 1.16 bits per heavy atom. The van der Waals surface area contributed by atoms with Gasteiger partial charge in [0.15, 0.2) is 0 Å². The van der Waals surface area contributed by atoms with E-state index >= 15 is 0 Å². The van der Waals surface area contributed by atoms with Crippen LogP contribution in [0.2, 0.25) is 0 Å². The summed E-state index contributed by atoms with van der Waals surface area (Å²) in [6.07, 6.45) is 8.67. The second-order valence-electron chi connectivity index (χ2n) is 5.79. The first-order chi connectivity index (χ1) is 9.33. The summed E-state index contributed by atoms with van der Waals surface area (Å²) in [7, 11) is 0. The zero-order chi connectivity index (χ0) is 13.1. The first-order valence-corrected chi connectivity index (χ1v) is 7.41. The van der Waals surface area contributed by atoms with Crippen LogP contribution in [-0.4, -0.2) is 11.5 Å². The Bertz CT molecular complexity index is 551. The standard InChI is InChI=1S/C17H22N2/c1-2-17(10-5-6-11-17)13-19-16-15-8-4-3-7-14(15)9-12-18-16/h3-4,7-9,12H,2,5-6,10-11,13H2,1H3,(H,18,19). The van der Waals surface area contributed by atoms with Gasteiger partial charge in [0, 0.05) is 18.1 Å². The fourth-order valence-electron chi connectivity index (χ4n) is 3.31. The summed E-state index contributed by atoms with van der Waals surface area (Å²) in [6, 6.07) is 10.5. The van der Waals surface area contributed by atoms with Crippen LogP contribution in [-0.2, 0) is 0 Å². The number of hydrogen-bond donors (Lipinski definition) is 1. The van der Waals surface area contributed by atoms with E-state index in [-0.39, 0.29) is 0 Å². The molecule has 3 rings (SSSR count). The summed E-state index contributed by atoms with van der Waals surface area (Å²) < 4.78 is 0. The van der Waals surface area contributed by atoms with Crippen LogP contribution in [0.15, 0.2) is 36.5 Å². The Kier molecular flexibility index (Phi) is 3.41. The normalized spacial score (nSPS) is 17.7. The number of aromatic nitrogens is 1. The molecule has 2 heteroatoms. The fraction of sp³-hybridized carbons (Fsp3) is 0.471. The van der Waals surface area contributed by atoms with E-state index in [1.165, 1.54) is 42.9 Å². The van der Waals surface area contributed by atoms with E-state index in [0.29, 0.717) is 5.41 Å². The highest BCUT2D eigenvalue weighted by atomic mass is 15.0. The summed E-state index contributed by atoms with van der Waals surface area (Å²) in [5.41, 5.74) is 0.499. The molecule has 1 fully saturated rings. The van der Waals surface area contributed by atoms with Crippen LogP contribution in [0.3, 0.4) is 0 Å². The molecule has 1 aliphatic rings. The number of hydrogen-bond acceptors (Lipinski definition) is 2. The number of rotatable bonds is 4. The summed E-state index contributed by atoms with van der Waals surface area (Å²) in [4.78, 5) is 4.52. The summed E-state index contributed by atoms with van der Waals surface area (Å²) >= 11 is 0. The first-order valence-electron chi connectivity index (χ1n) is 7.41. The molecule has 0 unspecified atom stereocenters. The number of nitrogens with zero attached hydrogens (tertiary/aromatic N) is 1. The molecule has 100 valence electrons. The number of anilines is 1. The molecule has 2 nitrogen and oxygen atoms in total. The monoisotopic (exact) mass is 254 g/mol. The second kappa shape index (κ2) is 5.20. The summed E-state index contributed by atoms with van der Waals surface area (Å²) in [5.74, 6) is 1.04. The van der Waals surface area contributed by atoms with Crippen LogP contribution in [0.5, 0.6) is 0 Å². The van der Waals surface area contributed by atoms with E-state index in [4.69, 9.17) is 0 Å². The molecular weight excluding hydrogens is 232 g/mol. The maximum atomic E-state index is 4.52. The lowest BCUT2D eigenvalue weighted by atomic mass is 9.83. The van der Waals surface area contributed by atoms with E-state index in [0.717, 1.165) is 12.4 Å². The van der Waals surface area contributed by atoms with Crippen molar-refractivity contribution in [2.75, 3.05) is 11.9 Å². The van der Waals surface area contributed by atoms with Crippen molar-refractivity contribution in [1.29, 1.82) is 0 Å². The van der Waals surface area contributed by atoms with Gasteiger partial charge in [0.1, 0.15) is 5.82 Å². The highest BCUT2D eigenvalue weighted by molar-refractivity contribution is 5.91. The number of fused-ring (bicyclic) bond motifs is 1. The van der Waals surface area contributed by atoms with Gasteiger partial charge >= 0.3 is 0 Å². The molecule has 0 amide bonds. The third kappa shape index (κ3) is 2.44. The van der Waals surface area contributed by atoms with Crippen molar-refractivity contribution in [1.82, 2.24) is 4.98 Å². The Labute approximate surface area is 115 Å². The van der Waals surface area contributed by atoms with Gasteiger partial charge in [-0.1, -0.05) is 44.0 Å². The highest BCUT2D eigenvalue weighted by Gasteiger charge is 2.31. The van der Waals surface area contributed by atoms with Gasteiger partial charge in [-0.15, -0.1) is 0 Å². The quantitative estimate of drug-likeness (QED) is 0.861. The van der Waals surface area contributed by atoms with Crippen molar-refractivity contribution in [3.63, 3.8) is 0 Å². The third-order valence-electron chi connectivity index (χ3n) is 4.72. The molecular formula is C17H22N2. The van der Waals surface area contributed by atoms with Crippen LogP contribution in [0.1, 0.15) is 39.0 Å². The zero-order valence-electron chi connectivity index (χ0n) is 11.7. The minimum Gasteiger partial charge on any atom is -0.369 e. The molecule has 1 aliphatic carbocycles. The largest absolute Gasteiger partial charge is 0.369 e. The first kappa shape index (κ1) is 12.5. The van der Waals surface area contributed by atoms with Crippen molar-refractivity contribution in [2.24, 2.45) is 5.41 Å². The van der Waals surface area contributed by atoms with Gasteiger partial charge in [-0.05, 0) is 36.1 Å². The van der Waals surface area contributed by atoms with Crippen molar-refractivity contribution in [3.8, 4) is 0 Å². The number of nitrogens with one attached hydrogen (secondary N) is 1. The van der Waals surface area contributed by atoms with E-state index in [2.05, 4.69) is 47.6 Å². The van der Waals surface area contributed by atoms with Gasteiger partial charge in [-0.25, -0.2) is 4.98 Å². The topological polar surface area (TPSA) is 24.9 Å². The minimum atomic E-state index is 0.499. The second-order valence-corrected chi connectivity index (χ2v) is 5.79. The lowest BCUT2D eigenvalue weighted by molar-refractivity contribution is 0.306. The zero-order valence-corrected chi connectivity index (χ0v) is 11.7. The molecule has 1 heterocycles. The molecule has 0 atom stereocenters. The predicted molar refractivity (Wildman–Crippen MR) is 81.4 cm³/mol. The van der Waals surface area contributed by atoms with E-state index in [9.17, 15) is 0 Å².